The Morgan fingerprint density at radius 1 is 0.952 bits per heavy atom. The minimum absolute atomic E-state index is 0.000660. The number of hydrogen-bond acceptors (Lipinski definition) is 8. The molecule has 10 nitrogen and oxygen atoms in total. The maximum atomic E-state index is 12.3. The van der Waals surface area contributed by atoms with Crippen molar-refractivity contribution in [1.29, 1.82) is 0 Å². The highest BCUT2D eigenvalue weighted by atomic mass is 32.2. The number of ether oxygens (including phenoxy) is 2. The number of aliphatic hydroxyl groups is 1. The first-order valence-electron chi connectivity index (χ1n) is 14.3. The lowest BCUT2D eigenvalue weighted by Crippen LogP contribution is -2.31. The third-order valence-corrected chi connectivity index (χ3v) is 8.40. The molecule has 1 aliphatic heterocycles. The van der Waals surface area contributed by atoms with Gasteiger partial charge in [0.25, 0.3) is 0 Å². The van der Waals surface area contributed by atoms with E-state index in [-0.39, 0.29) is 30.6 Å². The second kappa shape index (κ2) is 16.4. The average molecular weight is 597 g/mol. The van der Waals surface area contributed by atoms with Crippen molar-refractivity contribution in [3.05, 3.63) is 83.2 Å². The van der Waals surface area contributed by atoms with Gasteiger partial charge in [0.05, 0.1) is 18.8 Å². The van der Waals surface area contributed by atoms with Crippen molar-refractivity contribution >= 4 is 23.6 Å². The topological polar surface area (TPSA) is 135 Å². The molecule has 2 aromatic carbocycles. The lowest BCUT2D eigenvalue weighted by atomic mass is 10.0. The van der Waals surface area contributed by atoms with Gasteiger partial charge in [-0.1, -0.05) is 73.1 Å². The van der Waals surface area contributed by atoms with E-state index in [1.165, 1.54) is 0 Å². The molecule has 3 atom stereocenters. The number of benzene rings is 2. The minimum Gasteiger partial charge on any atom is -0.392 e. The Balaban J connectivity index is 1.30. The molecule has 0 spiro atoms. The number of carbonyl (C=O) groups excluding carboxylic acids is 2. The lowest BCUT2D eigenvalue weighted by Gasteiger charge is -2.36. The van der Waals surface area contributed by atoms with Crippen LogP contribution in [0.2, 0.25) is 0 Å². The summed E-state index contributed by atoms with van der Waals surface area (Å²) < 4.78 is 14.8. The predicted molar refractivity (Wildman–Crippen MR) is 158 cm³/mol. The summed E-state index contributed by atoms with van der Waals surface area (Å²) in [6, 6.07) is 15.8. The molecule has 3 aromatic rings. The van der Waals surface area contributed by atoms with Crippen molar-refractivity contribution < 1.29 is 29.4 Å². The zero-order chi connectivity index (χ0) is 29.7. The second-order valence-electron chi connectivity index (χ2n) is 10.4. The van der Waals surface area contributed by atoms with Crippen LogP contribution in [0.15, 0.2) is 66.1 Å². The van der Waals surface area contributed by atoms with Gasteiger partial charge >= 0.3 is 0 Å². The Hall–Kier alpha value is -3.22. The zero-order valence-corrected chi connectivity index (χ0v) is 24.7. The van der Waals surface area contributed by atoms with Gasteiger partial charge in [-0.3, -0.25) is 14.8 Å². The van der Waals surface area contributed by atoms with Crippen LogP contribution in [0, 0.1) is 0 Å². The smallest absolute Gasteiger partial charge is 0.243 e. The fourth-order valence-electron chi connectivity index (χ4n) is 4.74. The maximum absolute atomic E-state index is 12.3. The highest BCUT2D eigenvalue weighted by molar-refractivity contribution is 7.99. The molecular formula is C31H40N4O6S. The molecule has 0 bridgehead atoms. The van der Waals surface area contributed by atoms with E-state index < -0.39 is 6.29 Å². The van der Waals surface area contributed by atoms with Gasteiger partial charge in [-0.2, -0.15) is 0 Å². The molecule has 1 saturated heterocycles. The number of aryl methyl sites for hydroxylation is 1. The number of carbonyl (C=O) groups is 2. The zero-order valence-electron chi connectivity index (χ0n) is 23.9. The van der Waals surface area contributed by atoms with E-state index in [2.05, 4.69) is 10.3 Å². The molecular weight excluding hydrogens is 556 g/mol. The van der Waals surface area contributed by atoms with Crippen molar-refractivity contribution in [2.24, 2.45) is 7.05 Å². The average Bonchev–Trinajstić information content (AvgIpc) is 3.44. The van der Waals surface area contributed by atoms with Crippen LogP contribution in [0.3, 0.4) is 0 Å². The van der Waals surface area contributed by atoms with Gasteiger partial charge < -0.3 is 24.5 Å². The normalized spacial score (nSPS) is 18.5. The fraction of sp³-hybridized carbons (Fsp3) is 0.452. The lowest BCUT2D eigenvalue weighted by molar-refractivity contribution is -0.245. The largest absolute Gasteiger partial charge is 0.392 e. The third kappa shape index (κ3) is 9.67. The van der Waals surface area contributed by atoms with Gasteiger partial charge in [-0.15, -0.1) is 0 Å². The molecule has 4 rings (SSSR count). The van der Waals surface area contributed by atoms with E-state index in [1.54, 1.807) is 23.4 Å². The van der Waals surface area contributed by atoms with Gasteiger partial charge in [0.15, 0.2) is 11.4 Å². The van der Waals surface area contributed by atoms with Crippen molar-refractivity contribution in [3.8, 4) is 0 Å². The van der Waals surface area contributed by atoms with Gasteiger partial charge in [-0.05, 0) is 29.5 Å². The molecule has 3 unspecified atom stereocenters. The summed E-state index contributed by atoms with van der Waals surface area (Å²) in [5.41, 5.74) is 5.42. The van der Waals surface area contributed by atoms with Crippen LogP contribution in [0.5, 0.6) is 0 Å². The van der Waals surface area contributed by atoms with Crippen LogP contribution in [0.4, 0.5) is 0 Å². The Morgan fingerprint density at radius 2 is 1.62 bits per heavy atom. The number of amides is 2. The van der Waals surface area contributed by atoms with Gasteiger partial charge in [0, 0.05) is 56.6 Å². The van der Waals surface area contributed by atoms with Crippen LogP contribution in [-0.4, -0.2) is 43.5 Å². The number of imidazole rings is 1. The van der Waals surface area contributed by atoms with Crippen LogP contribution < -0.4 is 10.8 Å². The molecule has 11 heteroatoms. The summed E-state index contributed by atoms with van der Waals surface area (Å²) in [5, 5.41) is 21.8. The molecule has 1 aliphatic rings. The summed E-state index contributed by atoms with van der Waals surface area (Å²) in [6.07, 6.45) is 7.53. The molecule has 4 N–H and O–H groups in total. The number of hydroxylamine groups is 1. The number of rotatable bonds is 15. The molecule has 0 saturated carbocycles. The van der Waals surface area contributed by atoms with Crippen LogP contribution in [0.1, 0.15) is 79.6 Å². The van der Waals surface area contributed by atoms with Gasteiger partial charge in [-0.25, -0.2) is 10.5 Å². The fourth-order valence-corrected chi connectivity index (χ4v) is 5.69. The number of hydrogen-bond donors (Lipinski definition) is 4. The first-order valence-corrected chi connectivity index (χ1v) is 15.3. The molecule has 0 aliphatic carbocycles. The van der Waals surface area contributed by atoms with E-state index in [9.17, 15) is 14.7 Å². The van der Waals surface area contributed by atoms with Crippen LogP contribution in [0.25, 0.3) is 0 Å². The molecule has 2 heterocycles. The first-order chi connectivity index (χ1) is 20.4. The minimum atomic E-state index is -0.541. The summed E-state index contributed by atoms with van der Waals surface area (Å²) in [6.45, 7) is 0.436. The van der Waals surface area contributed by atoms with Crippen LogP contribution >= 0.6 is 11.8 Å². The Bertz CT molecular complexity index is 1270. The number of aliphatic hydroxyl groups excluding tert-OH is 1. The summed E-state index contributed by atoms with van der Waals surface area (Å²) in [4.78, 5) is 27.7. The number of unbranched alkanes of at least 4 members (excludes halogenated alkanes) is 3. The quantitative estimate of drug-likeness (QED) is 0.0858. The monoisotopic (exact) mass is 596 g/mol. The molecule has 226 valence electrons. The number of nitrogens with zero attached hydrogens (tertiary/aromatic N) is 2. The summed E-state index contributed by atoms with van der Waals surface area (Å²) in [7, 11) is 1.98. The van der Waals surface area contributed by atoms with Crippen molar-refractivity contribution in [2.45, 2.75) is 81.8 Å². The number of aromatic nitrogens is 2. The van der Waals surface area contributed by atoms with E-state index >= 15 is 0 Å². The molecule has 1 fully saturated rings. The number of thioether (sulfide) groups is 1. The Morgan fingerprint density at radius 3 is 2.26 bits per heavy atom. The molecule has 42 heavy (non-hydrogen) atoms. The highest BCUT2D eigenvalue weighted by Gasteiger charge is 2.32. The molecule has 2 amide bonds. The third-order valence-electron chi connectivity index (χ3n) is 7.21. The second-order valence-corrected chi connectivity index (χ2v) is 11.4. The molecule has 1 aromatic heterocycles. The standard InChI is InChI=1S/C31H40N4O6S/c1-35-17-16-32-31(35)42-21-26-18-27(24-12-10-23(20-36)11-13-24)41-30(40-26)25-14-8-22(9-15-25)19-33-28(37)6-4-2-3-5-7-29(38)34-39/h8-17,26-27,30,36,39H,2-7,18-21H2,1H3,(H,33,37)(H,34,38). The van der Waals surface area contributed by atoms with Crippen molar-refractivity contribution in [3.63, 3.8) is 0 Å². The van der Waals surface area contributed by atoms with E-state index in [1.807, 2.05) is 66.3 Å². The van der Waals surface area contributed by atoms with E-state index in [0.29, 0.717) is 32.2 Å². The number of nitrogens with one attached hydrogen (secondary N) is 2. The first kappa shape index (κ1) is 31.7. The predicted octanol–water partition coefficient (Wildman–Crippen LogP) is 4.71. The van der Waals surface area contributed by atoms with Gasteiger partial charge in [0.2, 0.25) is 11.8 Å². The van der Waals surface area contributed by atoms with E-state index in [4.69, 9.17) is 14.7 Å². The van der Waals surface area contributed by atoms with Crippen molar-refractivity contribution in [2.75, 3.05) is 5.75 Å². The Labute approximate surface area is 250 Å². The van der Waals surface area contributed by atoms with Crippen LogP contribution in [-0.2, 0) is 39.3 Å². The summed E-state index contributed by atoms with van der Waals surface area (Å²) >= 11 is 1.66. The van der Waals surface area contributed by atoms with Gasteiger partial charge in [0.1, 0.15) is 0 Å². The van der Waals surface area contributed by atoms with E-state index in [0.717, 1.165) is 52.4 Å². The SMILES string of the molecule is Cn1ccnc1SCC1CC(c2ccc(CO)cc2)OC(c2ccc(CNC(=O)CCCCCCC(=O)NO)cc2)O1. The Kier molecular flexibility index (Phi) is 12.4. The molecule has 0 radical (unpaired) electrons. The maximum Gasteiger partial charge on any atom is 0.243 e. The highest BCUT2D eigenvalue weighted by Crippen LogP contribution is 2.39. The summed E-state index contributed by atoms with van der Waals surface area (Å²) in [5.74, 6) is 0.347. The van der Waals surface area contributed by atoms with Crippen molar-refractivity contribution in [1.82, 2.24) is 20.3 Å².